The SMILES string of the molecule is CC(=N)N1CCC(OC(N)=O)C1. The third-order valence-corrected chi connectivity index (χ3v) is 1.90. The van der Waals surface area contributed by atoms with Crippen molar-refractivity contribution >= 4 is 11.9 Å². The molecule has 0 radical (unpaired) electrons. The Balaban J connectivity index is 2.35. The van der Waals surface area contributed by atoms with Crippen LogP contribution in [0.4, 0.5) is 4.79 Å². The van der Waals surface area contributed by atoms with Gasteiger partial charge in [0, 0.05) is 13.0 Å². The Hall–Kier alpha value is -1.26. The number of rotatable bonds is 1. The van der Waals surface area contributed by atoms with Crippen molar-refractivity contribution in [1.29, 1.82) is 5.41 Å². The predicted octanol–water partition coefficient (Wildman–Crippen LogP) is 0.153. The maximum absolute atomic E-state index is 10.4. The van der Waals surface area contributed by atoms with Gasteiger partial charge in [0.2, 0.25) is 0 Å². The molecule has 0 aromatic carbocycles. The number of carbonyl (C=O) groups excluding carboxylic acids is 1. The van der Waals surface area contributed by atoms with Crippen LogP contribution in [0.1, 0.15) is 13.3 Å². The highest BCUT2D eigenvalue weighted by molar-refractivity contribution is 5.76. The van der Waals surface area contributed by atoms with E-state index in [2.05, 4.69) is 0 Å². The van der Waals surface area contributed by atoms with Crippen LogP contribution in [0.2, 0.25) is 0 Å². The van der Waals surface area contributed by atoms with Crippen LogP contribution in [0.5, 0.6) is 0 Å². The molecule has 1 fully saturated rings. The van der Waals surface area contributed by atoms with Gasteiger partial charge in [0.15, 0.2) is 0 Å². The van der Waals surface area contributed by atoms with Crippen LogP contribution >= 0.6 is 0 Å². The van der Waals surface area contributed by atoms with Gasteiger partial charge in [-0.3, -0.25) is 5.41 Å². The minimum Gasteiger partial charge on any atom is -0.444 e. The highest BCUT2D eigenvalue weighted by Gasteiger charge is 2.24. The Bertz CT molecular complexity index is 205. The minimum absolute atomic E-state index is 0.136. The summed E-state index contributed by atoms with van der Waals surface area (Å²) in [5.74, 6) is 0.505. The fourth-order valence-electron chi connectivity index (χ4n) is 1.29. The fraction of sp³-hybridized carbons (Fsp3) is 0.714. The van der Waals surface area contributed by atoms with Crippen LogP contribution in [-0.4, -0.2) is 36.0 Å². The summed E-state index contributed by atoms with van der Waals surface area (Å²) in [7, 11) is 0. The Kier molecular flexibility index (Phi) is 2.52. The van der Waals surface area contributed by atoms with Crippen molar-refractivity contribution in [3.63, 3.8) is 0 Å². The third kappa shape index (κ3) is 2.11. The summed E-state index contributed by atoms with van der Waals surface area (Å²) in [5.41, 5.74) is 4.86. The number of amidine groups is 1. The molecule has 0 aliphatic carbocycles. The molecule has 5 nitrogen and oxygen atoms in total. The van der Waals surface area contributed by atoms with Crippen molar-refractivity contribution in [3.8, 4) is 0 Å². The molecule has 5 heteroatoms. The largest absolute Gasteiger partial charge is 0.444 e. The Morgan fingerprint density at radius 3 is 2.83 bits per heavy atom. The number of hydrogen-bond acceptors (Lipinski definition) is 3. The van der Waals surface area contributed by atoms with E-state index in [1.54, 1.807) is 6.92 Å². The molecule has 12 heavy (non-hydrogen) atoms. The maximum Gasteiger partial charge on any atom is 0.404 e. The summed E-state index contributed by atoms with van der Waals surface area (Å²) in [6, 6.07) is 0. The number of nitrogens with two attached hydrogens (primary N) is 1. The Labute approximate surface area is 71.0 Å². The molecule has 0 saturated carbocycles. The lowest BCUT2D eigenvalue weighted by Gasteiger charge is -2.15. The van der Waals surface area contributed by atoms with Crippen LogP contribution in [0.3, 0.4) is 0 Å². The van der Waals surface area contributed by atoms with Gasteiger partial charge in [-0.25, -0.2) is 4.79 Å². The smallest absolute Gasteiger partial charge is 0.404 e. The first kappa shape index (κ1) is 8.83. The number of primary amides is 1. The molecule has 0 spiro atoms. The summed E-state index contributed by atoms with van der Waals surface area (Å²) >= 11 is 0. The average molecular weight is 171 g/mol. The summed E-state index contributed by atoms with van der Waals surface area (Å²) in [4.78, 5) is 12.2. The van der Waals surface area contributed by atoms with Crippen LogP contribution in [0, 0.1) is 5.41 Å². The monoisotopic (exact) mass is 171 g/mol. The molecular formula is C7H13N3O2. The van der Waals surface area contributed by atoms with E-state index < -0.39 is 6.09 Å². The van der Waals surface area contributed by atoms with Crippen molar-refractivity contribution in [3.05, 3.63) is 0 Å². The first-order valence-corrected chi connectivity index (χ1v) is 3.86. The van der Waals surface area contributed by atoms with Gasteiger partial charge in [0.05, 0.1) is 12.4 Å². The van der Waals surface area contributed by atoms with Crippen molar-refractivity contribution in [1.82, 2.24) is 4.90 Å². The predicted molar refractivity (Wildman–Crippen MR) is 44.0 cm³/mol. The second-order valence-electron chi connectivity index (χ2n) is 2.88. The lowest BCUT2D eigenvalue weighted by molar-refractivity contribution is 0.113. The van der Waals surface area contributed by atoms with Crippen LogP contribution < -0.4 is 5.73 Å². The molecule has 1 saturated heterocycles. The van der Waals surface area contributed by atoms with E-state index in [-0.39, 0.29) is 6.10 Å². The van der Waals surface area contributed by atoms with Crippen molar-refractivity contribution < 1.29 is 9.53 Å². The first-order chi connectivity index (χ1) is 5.59. The maximum atomic E-state index is 10.4. The van der Waals surface area contributed by atoms with E-state index in [1.165, 1.54) is 0 Å². The lowest BCUT2D eigenvalue weighted by Crippen LogP contribution is -2.29. The second kappa shape index (κ2) is 3.42. The van der Waals surface area contributed by atoms with Crippen molar-refractivity contribution in [2.24, 2.45) is 5.73 Å². The zero-order valence-electron chi connectivity index (χ0n) is 7.04. The number of nitrogens with zero attached hydrogens (tertiary/aromatic N) is 1. The first-order valence-electron chi connectivity index (χ1n) is 3.86. The van der Waals surface area contributed by atoms with Gasteiger partial charge in [-0.15, -0.1) is 0 Å². The zero-order chi connectivity index (χ0) is 9.14. The van der Waals surface area contributed by atoms with Crippen LogP contribution in [-0.2, 0) is 4.74 Å². The normalized spacial score (nSPS) is 22.4. The molecule has 3 N–H and O–H groups in total. The lowest BCUT2D eigenvalue weighted by atomic mass is 10.3. The number of hydrogen-bond donors (Lipinski definition) is 2. The minimum atomic E-state index is -0.732. The van der Waals surface area contributed by atoms with Crippen LogP contribution in [0.25, 0.3) is 0 Å². The number of ether oxygens (including phenoxy) is 1. The molecule has 1 rings (SSSR count). The number of likely N-dealkylation sites (tertiary alicyclic amines) is 1. The van der Waals surface area contributed by atoms with Gasteiger partial charge in [-0.1, -0.05) is 0 Å². The van der Waals surface area contributed by atoms with Gasteiger partial charge in [0.1, 0.15) is 6.10 Å². The summed E-state index contributed by atoms with van der Waals surface area (Å²) < 4.78 is 4.79. The zero-order valence-corrected chi connectivity index (χ0v) is 7.04. The number of nitrogens with one attached hydrogen (secondary N) is 1. The molecule has 1 heterocycles. The van der Waals surface area contributed by atoms with Crippen molar-refractivity contribution in [2.45, 2.75) is 19.4 Å². The average Bonchev–Trinajstić information content (AvgIpc) is 2.34. The van der Waals surface area contributed by atoms with Gasteiger partial charge in [-0.2, -0.15) is 0 Å². The number of amides is 1. The van der Waals surface area contributed by atoms with E-state index in [0.29, 0.717) is 12.4 Å². The summed E-state index contributed by atoms with van der Waals surface area (Å²) in [6.45, 7) is 3.08. The molecular weight excluding hydrogens is 158 g/mol. The van der Waals surface area contributed by atoms with Gasteiger partial charge >= 0.3 is 6.09 Å². The number of carbonyl (C=O) groups is 1. The fourth-order valence-corrected chi connectivity index (χ4v) is 1.29. The molecule has 1 aliphatic heterocycles. The van der Waals surface area contributed by atoms with E-state index in [4.69, 9.17) is 15.9 Å². The van der Waals surface area contributed by atoms with E-state index in [9.17, 15) is 4.79 Å². The van der Waals surface area contributed by atoms with Gasteiger partial charge < -0.3 is 15.4 Å². The molecule has 0 aromatic rings. The standard InChI is InChI=1S/C7H13N3O2/c1-5(8)10-3-2-6(4-10)12-7(9)11/h6,8H,2-4H2,1H3,(H2,9,11). The van der Waals surface area contributed by atoms with Gasteiger partial charge in [-0.05, 0) is 6.92 Å². The molecule has 1 atom stereocenters. The summed E-state index contributed by atoms with van der Waals surface area (Å²) in [6.07, 6.45) is -0.105. The molecule has 1 aliphatic rings. The molecule has 1 unspecified atom stereocenters. The highest BCUT2D eigenvalue weighted by atomic mass is 16.6. The van der Waals surface area contributed by atoms with E-state index in [1.807, 2.05) is 4.90 Å². The highest BCUT2D eigenvalue weighted by Crippen LogP contribution is 2.12. The van der Waals surface area contributed by atoms with E-state index in [0.717, 1.165) is 13.0 Å². The molecule has 68 valence electrons. The third-order valence-electron chi connectivity index (χ3n) is 1.90. The van der Waals surface area contributed by atoms with Crippen molar-refractivity contribution in [2.75, 3.05) is 13.1 Å². The molecule has 0 bridgehead atoms. The Morgan fingerprint density at radius 2 is 2.42 bits per heavy atom. The van der Waals surface area contributed by atoms with Gasteiger partial charge in [0.25, 0.3) is 0 Å². The Morgan fingerprint density at radius 1 is 1.75 bits per heavy atom. The quantitative estimate of drug-likeness (QED) is 0.435. The van der Waals surface area contributed by atoms with Crippen LogP contribution in [0.15, 0.2) is 0 Å². The second-order valence-corrected chi connectivity index (χ2v) is 2.88. The molecule has 0 aromatic heterocycles. The summed E-state index contributed by atoms with van der Waals surface area (Å²) in [5, 5.41) is 7.32. The van der Waals surface area contributed by atoms with E-state index >= 15 is 0 Å². The topological polar surface area (TPSA) is 79.4 Å². The molecule has 1 amide bonds.